The summed E-state index contributed by atoms with van der Waals surface area (Å²) in [6.07, 6.45) is -3.87. The van der Waals surface area contributed by atoms with Crippen molar-refractivity contribution in [1.29, 1.82) is 0 Å². The zero-order chi connectivity index (χ0) is 18.0. The third kappa shape index (κ3) is 4.02. The standard InChI is InChI=1S/C19H19F3N2O/c1-24-12-14(18(25)23-16-8-3-2-4-9-16)11-17(24)13-6-5-7-15(10-13)19(20,21)22/h2-10,14,17H,11-12H2,1H3,(H,23,25)/t14-,17+/m1/s1. The molecule has 3 rings (SSSR count). The molecule has 0 spiro atoms. The van der Waals surface area contributed by atoms with Crippen LogP contribution in [0.3, 0.4) is 0 Å². The first-order valence-corrected chi connectivity index (χ1v) is 8.08. The van der Waals surface area contributed by atoms with Crippen molar-refractivity contribution >= 4 is 11.6 Å². The van der Waals surface area contributed by atoms with Crippen LogP contribution in [0, 0.1) is 5.92 Å². The smallest absolute Gasteiger partial charge is 0.326 e. The summed E-state index contributed by atoms with van der Waals surface area (Å²) in [6, 6.07) is 14.3. The lowest BCUT2D eigenvalue weighted by Gasteiger charge is -2.20. The van der Waals surface area contributed by atoms with Crippen molar-refractivity contribution in [2.75, 3.05) is 18.9 Å². The Labute approximate surface area is 144 Å². The predicted molar refractivity (Wildman–Crippen MR) is 90.0 cm³/mol. The number of amides is 1. The fourth-order valence-electron chi connectivity index (χ4n) is 3.27. The molecule has 2 aromatic rings. The summed E-state index contributed by atoms with van der Waals surface area (Å²) in [5, 5.41) is 2.87. The van der Waals surface area contributed by atoms with Gasteiger partial charge in [-0.1, -0.05) is 30.3 Å². The lowest BCUT2D eigenvalue weighted by atomic mass is 9.97. The molecule has 1 fully saturated rings. The van der Waals surface area contributed by atoms with Gasteiger partial charge in [0.15, 0.2) is 0 Å². The van der Waals surface area contributed by atoms with Gasteiger partial charge in [0.1, 0.15) is 0 Å². The quantitative estimate of drug-likeness (QED) is 0.895. The van der Waals surface area contributed by atoms with Crippen LogP contribution in [0.2, 0.25) is 0 Å². The van der Waals surface area contributed by atoms with Gasteiger partial charge in [0.25, 0.3) is 0 Å². The zero-order valence-corrected chi connectivity index (χ0v) is 13.8. The van der Waals surface area contributed by atoms with Crippen LogP contribution in [0.4, 0.5) is 18.9 Å². The van der Waals surface area contributed by atoms with Crippen LogP contribution in [0.15, 0.2) is 54.6 Å². The second-order valence-corrected chi connectivity index (χ2v) is 6.37. The van der Waals surface area contributed by atoms with Gasteiger partial charge in [0.05, 0.1) is 11.5 Å². The van der Waals surface area contributed by atoms with E-state index in [9.17, 15) is 18.0 Å². The second kappa shape index (κ2) is 6.88. The minimum atomic E-state index is -4.36. The Morgan fingerprint density at radius 3 is 2.52 bits per heavy atom. The second-order valence-electron chi connectivity index (χ2n) is 6.37. The summed E-state index contributed by atoms with van der Waals surface area (Å²) in [6.45, 7) is 0.513. The SMILES string of the molecule is CN1C[C@H](C(=O)Nc2ccccc2)C[C@H]1c1cccc(C(F)(F)F)c1. The normalized spacial score (nSPS) is 21.3. The molecule has 2 aromatic carbocycles. The summed E-state index contributed by atoms with van der Waals surface area (Å²) >= 11 is 0. The van der Waals surface area contributed by atoms with E-state index in [2.05, 4.69) is 5.32 Å². The van der Waals surface area contributed by atoms with E-state index >= 15 is 0 Å². The average Bonchev–Trinajstić information content (AvgIpc) is 2.97. The van der Waals surface area contributed by atoms with Gasteiger partial charge in [-0.05, 0) is 43.3 Å². The summed E-state index contributed by atoms with van der Waals surface area (Å²) in [4.78, 5) is 14.4. The summed E-state index contributed by atoms with van der Waals surface area (Å²) in [5.74, 6) is -0.364. The molecular weight excluding hydrogens is 329 g/mol. The maximum Gasteiger partial charge on any atom is 0.416 e. The number of nitrogens with zero attached hydrogens (tertiary/aromatic N) is 1. The van der Waals surface area contributed by atoms with Crippen molar-refractivity contribution in [2.45, 2.75) is 18.6 Å². The number of likely N-dealkylation sites (tertiary alicyclic amines) is 1. The van der Waals surface area contributed by atoms with E-state index in [0.717, 1.165) is 11.8 Å². The van der Waals surface area contributed by atoms with E-state index in [0.29, 0.717) is 18.5 Å². The van der Waals surface area contributed by atoms with Gasteiger partial charge < -0.3 is 5.32 Å². The molecule has 1 N–H and O–H groups in total. The maximum absolute atomic E-state index is 12.9. The van der Waals surface area contributed by atoms with Crippen molar-refractivity contribution in [3.8, 4) is 0 Å². The number of anilines is 1. The highest BCUT2D eigenvalue weighted by Gasteiger charge is 2.36. The van der Waals surface area contributed by atoms with Crippen LogP contribution in [0.1, 0.15) is 23.6 Å². The van der Waals surface area contributed by atoms with Gasteiger partial charge in [-0.2, -0.15) is 13.2 Å². The molecule has 1 amide bonds. The lowest BCUT2D eigenvalue weighted by Crippen LogP contribution is -2.25. The maximum atomic E-state index is 12.9. The molecule has 1 aliphatic heterocycles. The molecule has 0 bridgehead atoms. The number of hydrogen-bond acceptors (Lipinski definition) is 2. The monoisotopic (exact) mass is 348 g/mol. The average molecular weight is 348 g/mol. The Bertz CT molecular complexity index is 746. The van der Waals surface area contributed by atoms with Gasteiger partial charge in [-0.3, -0.25) is 9.69 Å². The Balaban J connectivity index is 1.72. The van der Waals surface area contributed by atoms with Crippen LogP contribution < -0.4 is 5.32 Å². The molecule has 1 heterocycles. The minimum Gasteiger partial charge on any atom is -0.326 e. The fraction of sp³-hybridized carbons (Fsp3) is 0.316. The van der Waals surface area contributed by atoms with Crippen molar-refractivity contribution in [3.05, 3.63) is 65.7 Å². The predicted octanol–water partition coefficient (Wildman–Crippen LogP) is 4.34. The van der Waals surface area contributed by atoms with Crippen molar-refractivity contribution in [2.24, 2.45) is 5.92 Å². The highest BCUT2D eigenvalue weighted by molar-refractivity contribution is 5.92. The molecule has 0 radical (unpaired) electrons. The Kier molecular flexibility index (Phi) is 4.81. The molecule has 1 aliphatic rings. The van der Waals surface area contributed by atoms with Gasteiger partial charge in [-0.25, -0.2) is 0 Å². The van der Waals surface area contributed by atoms with Crippen molar-refractivity contribution in [3.63, 3.8) is 0 Å². The van der Waals surface area contributed by atoms with E-state index in [1.807, 2.05) is 30.1 Å². The van der Waals surface area contributed by atoms with E-state index in [1.54, 1.807) is 18.2 Å². The number of carbonyl (C=O) groups is 1. The first-order valence-electron chi connectivity index (χ1n) is 8.08. The third-order valence-electron chi connectivity index (χ3n) is 4.56. The number of para-hydroxylation sites is 1. The minimum absolute atomic E-state index is 0.104. The summed E-state index contributed by atoms with van der Waals surface area (Å²) in [7, 11) is 1.83. The van der Waals surface area contributed by atoms with E-state index in [4.69, 9.17) is 0 Å². The zero-order valence-electron chi connectivity index (χ0n) is 13.8. The highest BCUT2D eigenvalue weighted by Crippen LogP contribution is 2.37. The van der Waals surface area contributed by atoms with Crippen LogP contribution >= 0.6 is 0 Å². The fourth-order valence-corrected chi connectivity index (χ4v) is 3.27. The van der Waals surface area contributed by atoms with E-state index < -0.39 is 11.7 Å². The van der Waals surface area contributed by atoms with Crippen LogP contribution in [0.25, 0.3) is 0 Å². The molecule has 2 atom stereocenters. The molecule has 0 saturated carbocycles. The summed E-state index contributed by atoms with van der Waals surface area (Å²) in [5.41, 5.74) is 0.653. The van der Waals surface area contributed by atoms with Crippen LogP contribution in [-0.4, -0.2) is 24.4 Å². The molecule has 0 unspecified atom stereocenters. The Morgan fingerprint density at radius 2 is 1.84 bits per heavy atom. The number of carbonyl (C=O) groups excluding carboxylic acids is 1. The summed E-state index contributed by atoms with van der Waals surface area (Å²) < 4.78 is 38.8. The number of alkyl halides is 3. The van der Waals surface area contributed by atoms with E-state index in [1.165, 1.54) is 12.1 Å². The number of benzene rings is 2. The van der Waals surface area contributed by atoms with E-state index in [-0.39, 0.29) is 17.9 Å². The number of nitrogens with one attached hydrogen (secondary N) is 1. The lowest BCUT2D eigenvalue weighted by molar-refractivity contribution is -0.137. The number of rotatable bonds is 3. The molecule has 0 aliphatic carbocycles. The van der Waals surface area contributed by atoms with Gasteiger partial charge in [-0.15, -0.1) is 0 Å². The Hall–Kier alpha value is -2.34. The van der Waals surface area contributed by atoms with Crippen LogP contribution in [-0.2, 0) is 11.0 Å². The van der Waals surface area contributed by atoms with Crippen LogP contribution in [0.5, 0.6) is 0 Å². The Morgan fingerprint density at radius 1 is 1.12 bits per heavy atom. The molecular formula is C19H19F3N2O. The largest absolute Gasteiger partial charge is 0.416 e. The highest BCUT2D eigenvalue weighted by atomic mass is 19.4. The first kappa shape index (κ1) is 17.5. The third-order valence-corrected chi connectivity index (χ3v) is 4.56. The molecule has 6 heteroatoms. The first-order chi connectivity index (χ1) is 11.8. The van der Waals surface area contributed by atoms with Gasteiger partial charge in [0, 0.05) is 18.3 Å². The molecule has 1 saturated heterocycles. The molecule has 132 valence electrons. The van der Waals surface area contributed by atoms with Crippen molar-refractivity contribution < 1.29 is 18.0 Å². The van der Waals surface area contributed by atoms with Gasteiger partial charge >= 0.3 is 6.18 Å². The number of halogens is 3. The molecule has 25 heavy (non-hydrogen) atoms. The van der Waals surface area contributed by atoms with Gasteiger partial charge in [0.2, 0.25) is 5.91 Å². The topological polar surface area (TPSA) is 32.3 Å². The van der Waals surface area contributed by atoms with Crippen molar-refractivity contribution in [1.82, 2.24) is 4.90 Å². The molecule has 0 aromatic heterocycles. The number of hydrogen-bond donors (Lipinski definition) is 1. The molecule has 3 nitrogen and oxygen atoms in total.